The van der Waals surface area contributed by atoms with E-state index in [1.165, 1.54) is 12.1 Å². The van der Waals surface area contributed by atoms with Gasteiger partial charge >= 0.3 is 0 Å². The molecule has 26 heavy (non-hydrogen) atoms. The molecule has 138 valence electrons. The van der Waals surface area contributed by atoms with E-state index in [1.807, 2.05) is 5.48 Å². The number of aliphatic imine (C=N–C) groups is 1. The molecule has 1 aromatic heterocycles. The Morgan fingerprint density at radius 1 is 1.50 bits per heavy atom. The first kappa shape index (κ1) is 16.9. The van der Waals surface area contributed by atoms with Crippen LogP contribution in [0.15, 0.2) is 27.8 Å². The third-order valence-electron chi connectivity index (χ3n) is 4.76. The van der Waals surface area contributed by atoms with Gasteiger partial charge in [-0.2, -0.15) is 0 Å². The van der Waals surface area contributed by atoms with Gasteiger partial charge in [0.1, 0.15) is 5.82 Å². The lowest BCUT2D eigenvalue weighted by molar-refractivity contribution is 0.232. The van der Waals surface area contributed by atoms with Gasteiger partial charge in [-0.15, -0.1) is 0 Å². The molecule has 1 aromatic carbocycles. The van der Waals surface area contributed by atoms with Crippen LogP contribution >= 0.6 is 0 Å². The van der Waals surface area contributed by atoms with Gasteiger partial charge in [0.05, 0.1) is 11.3 Å². The minimum Gasteiger partial charge on any atom is -0.364 e. The Balaban J connectivity index is 1.52. The molecule has 2 aromatic rings. The molecule has 4 N–H and O–H groups in total. The summed E-state index contributed by atoms with van der Waals surface area (Å²) in [5.74, 6) is 0.332. The second kappa shape index (κ2) is 6.32. The smallest absolute Gasteiger partial charge is 0.202 e. The number of hydroxylamine groups is 1. The van der Waals surface area contributed by atoms with Crippen molar-refractivity contribution in [2.75, 3.05) is 17.6 Å². The van der Waals surface area contributed by atoms with E-state index >= 15 is 0 Å². The zero-order valence-corrected chi connectivity index (χ0v) is 14.4. The van der Waals surface area contributed by atoms with E-state index in [-0.39, 0.29) is 34.5 Å². The van der Waals surface area contributed by atoms with E-state index in [1.54, 1.807) is 6.07 Å². The molecule has 11 heteroatoms. The number of aromatic nitrogens is 2. The Kier molecular flexibility index (Phi) is 4.11. The first-order chi connectivity index (χ1) is 12.5. The molecule has 1 unspecified atom stereocenters. The van der Waals surface area contributed by atoms with Gasteiger partial charge in [0.2, 0.25) is 5.82 Å². The molecule has 1 aliphatic heterocycles. The van der Waals surface area contributed by atoms with E-state index in [0.29, 0.717) is 25.1 Å². The summed E-state index contributed by atoms with van der Waals surface area (Å²) in [7, 11) is -2.54. The highest BCUT2D eigenvalue weighted by molar-refractivity contribution is 7.94. The quantitative estimate of drug-likeness (QED) is 0.350. The molecule has 1 fully saturated rings. The van der Waals surface area contributed by atoms with Crippen LogP contribution < -0.4 is 10.8 Å². The fourth-order valence-electron chi connectivity index (χ4n) is 3.07. The number of amidine groups is 1. The van der Waals surface area contributed by atoms with Crippen LogP contribution in [0.4, 0.5) is 10.2 Å². The van der Waals surface area contributed by atoms with E-state index in [4.69, 9.17) is 9.41 Å². The van der Waals surface area contributed by atoms with Crippen LogP contribution in [0.2, 0.25) is 0 Å². The van der Waals surface area contributed by atoms with Crippen molar-refractivity contribution < 1.29 is 18.4 Å². The van der Waals surface area contributed by atoms with Gasteiger partial charge in [-0.25, -0.2) is 13.2 Å². The van der Waals surface area contributed by atoms with Crippen LogP contribution in [0, 0.1) is 10.6 Å². The normalized spacial score (nSPS) is 27.2. The van der Waals surface area contributed by atoms with Crippen LogP contribution in [0.5, 0.6) is 0 Å². The van der Waals surface area contributed by atoms with E-state index in [2.05, 4.69) is 20.6 Å². The Morgan fingerprint density at radius 3 is 3.04 bits per heavy atom. The number of rotatable bonds is 5. The minimum absolute atomic E-state index is 0.0360. The van der Waals surface area contributed by atoms with Crippen molar-refractivity contribution in [1.29, 1.82) is 4.78 Å². The molecule has 2 heterocycles. The number of benzene rings is 1. The van der Waals surface area contributed by atoms with Gasteiger partial charge in [0.25, 0.3) is 0 Å². The Hall–Kier alpha value is -2.53. The van der Waals surface area contributed by atoms with Crippen LogP contribution in [0.3, 0.4) is 0 Å². The summed E-state index contributed by atoms with van der Waals surface area (Å²) in [5.41, 5.74) is 3.90. The monoisotopic (exact) mass is 380 g/mol. The average molecular weight is 380 g/mol. The van der Waals surface area contributed by atoms with E-state index in [9.17, 15) is 13.8 Å². The lowest BCUT2D eigenvalue weighted by Gasteiger charge is -2.29. The fourth-order valence-corrected chi connectivity index (χ4v) is 4.42. The number of nitrogens with zero attached hydrogens (tertiary/aromatic N) is 3. The molecule has 3 atom stereocenters. The average Bonchev–Trinajstić information content (AvgIpc) is 3.05. The Labute approximate surface area is 148 Å². The molecular weight excluding hydrogens is 363 g/mol. The number of hydrogen-bond donors (Lipinski definition) is 4. The first-order valence-corrected chi connectivity index (χ1v) is 9.85. The molecule has 2 aliphatic rings. The van der Waals surface area contributed by atoms with Crippen molar-refractivity contribution >= 4 is 21.4 Å². The maximum atomic E-state index is 13.4. The highest BCUT2D eigenvalue weighted by Crippen LogP contribution is 2.37. The van der Waals surface area contributed by atoms with Gasteiger partial charge in [-0.3, -0.25) is 20.5 Å². The van der Waals surface area contributed by atoms with E-state index < -0.39 is 9.73 Å². The zero-order valence-electron chi connectivity index (χ0n) is 13.6. The van der Waals surface area contributed by atoms with Crippen LogP contribution in [0.25, 0.3) is 0 Å². The molecular formula is C15H17FN6O3S. The van der Waals surface area contributed by atoms with Crippen molar-refractivity contribution in [3.8, 4) is 0 Å². The summed E-state index contributed by atoms with van der Waals surface area (Å²) >= 11 is 0. The van der Waals surface area contributed by atoms with Gasteiger partial charge < -0.3 is 5.32 Å². The topological polar surface area (TPSA) is 136 Å². The molecule has 9 nitrogen and oxygen atoms in total. The lowest BCUT2D eigenvalue weighted by Crippen LogP contribution is -2.40. The van der Waals surface area contributed by atoms with Crippen LogP contribution in [-0.2, 0) is 16.1 Å². The summed E-state index contributed by atoms with van der Waals surface area (Å²) in [6.45, 7) is 0.291. The number of halogens is 1. The zero-order chi connectivity index (χ0) is 18.3. The lowest BCUT2D eigenvalue weighted by atomic mass is 9.83. The second-order valence-corrected chi connectivity index (χ2v) is 8.86. The summed E-state index contributed by atoms with van der Waals surface area (Å²) in [6.07, 6.45) is 1.33. The highest BCUT2D eigenvalue weighted by atomic mass is 32.2. The first-order valence-electron chi connectivity index (χ1n) is 8.06. The predicted molar refractivity (Wildman–Crippen MR) is 91.2 cm³/mol. The third kappa shape index (κ3) is 2.92. The number of nitrogens with one attached hydrogen (secondary N) is 3. The standard InChI is InChI=1S/C15H17FN6O3S/c16-9-2-1-8-5-12(11(8)6-9)19-15(20-23)13-14(22-25-21-13)18-7-10-3-4-26(10,17)24/h1-2,6,10,12,17,23H,3-5,7H2,(H,18,22)(H,19,20)/t10-,12-,26?/m0/s1. The molecule has 0 radical (unpaired) electrons. The van der Waals surface area contributed by atoms with Gasteiger partial charge in [0.15, 0.2) is 11.5 Å². The maximum Gasteiger partial charge on any atom is 0.202 e. The summed E-state index contributed by atoms with van der Waals surface area (Å²) in [5, 5.41) is 19.6. The Morgan fingerprint density at radius 2 is 2.35 bits per heavy atom. The van der Waals surface area contributed by atoms with Crippen molar-refractivity contribution in [1.82, 2.24) is 15.8 Å². The maximum absolute atomic E-state index is 13.4. The van der Waals surface area contributed by atoms with Gasteiger partial charge in [-0.05, 0) is 46.4 Å². The summed E-state index contributed by atoms with van der Waals surface area (Å²) < 4.78 is 37.6. The molecule has 0 spiro atoms. The molecule has 4 rings (SSSR count). The highest BCUT2D eigenvalue weighted by Gasteiger charge is 2.32. The number of anilines is 1. The SMILES string of the molecule is N=S1(=O)CC[C@H]1CNc1nonc1C(=N[C@H]1Cc2ccc(F)cc21)NO. The van der Waals surface area contributed by atoms with Gasteiger partial charge in [-0.1, -0.05) is 6.07 Å². The van der Waals surface area contributed by atoms with Crippen molar-refractivity contribution in [2.45, 2.75) is 24.1 Å². The van der Waals surface area contributed by atoms with Crippen molar-refractivity contribution in [2.24, 2.45) is 4.99 Å². The summed E-state index contributed by atoms with van der Waals surface area (Å²) in [4.78, 5) is 4.37. The van der Waals surface area contributed by atoms with Gasteiger partial charge in [0, 0.05) is 22.0 Å². The van der Waals surface area contributed by atoms with Crippen molar-refractivity contribution in [3.05, 3.63) is 40.8 Å². The third-order valence-corrected chi connectivity index (χ3v) is 7.08. The van der Waals surface area contributed by atoms with E-state index in [0.717, 1.165) is 11.1 Å². The predicted octanol–water partition coefficient (Wildman–Crippen LogP) is 1.46. The van der Waals surface area contributed by atoms with Crippen LogP contribution in [-0.4, -0.2) is 43.1 Å². The molecule has 0 saturated carbocycles. The summed E-state index contributed by atoms with van der Waals surface area (Å²) in [6, 6.07) is 4.23. The van der Waals surface area contributed by atoms with Crippen LogP contribution in [0.1, 0.15) is 29.3 Å². The number of hydrogen-bond acceptors (Lipinski definition) is 8. The number of fused-ring (bicyclic) bond motifs is 1. The largest absolute Gasteiger partial charge is 0.364 e. The second-order valence-electron chi connectivity index (χ2n) is 6.34. The molecule has 0 amide bonds. The Bertz CT molecular complexity index is 974. The fraction of sp³-hybridized carbons (Fsp3) is 0.400. The molecule has 0 bridgehead atoms. The minimum atomic E-state index is -2.54. The molecule has 1 saturated heterocycles. The van der Waals surface area contributed by atoms with Crippen molar-refractivity contribution in [3.63, 3.8) is 0 Å². The molecule has 1 aliphatic carbocycles.